The fourth-order valence-corrected chi connectivity index (χ4v) is 4.75. The minimum absolute atomic E-state index is 0.0180. The van der Waals surface area contributed by atoms with E-state index in [2.05, 4.69) is 41.1 Å². The number of nitrogens with zero attached hydrogens (tertiary/aromatic N) is 9. The fraction of sp³-hybridized carbons (Fsp3) is 0.455. The molecule has 32 heavy (non-hydrogen) atoms. The van der Waals surface area contributed by atoms with Gasteiger partial charge in [-0.3, -0.25) is 4.79 Å². The van der Waals surface area contributed by atoms with Crippen LogP contribution in [0.2, 0.25) is 0 Å². The van der Waals surface area contributed by atoms with Gasteiger partial charge in [0.25, 0.3) is 0 Å². The van der Waals surface area contributed by atoms with Crippen molar-refractivity contribution in [2.75, 3.05) is 49.1 Å². The van der Waals surface area contributed by atoms with Gasteiger partial charge >= 0.3 is 0 Å². The largest absolute Gasteiger partial charge is 0.355 e. The standard InChI is InChI=1S/C22H25N9O/c32-22(17-13-30(14-17)19-12-20(24-15-23-19)31-6-2-5-25-31)29-9-7-28(8-10-29)21-11-16-3-1-4-18(16)26-27-21/h2,5-6,11-12,15,17H,1,3-4,7-10,13-14H2. The van der Waals surface area contributed by atoms with Gasteiger partial charge in [-0.25, -0.2) is 14.6 Å². The Bertz CT molecular complexity index is 1120. The van der Waals surface area contributed by atoms with Crippen LogP contribution in [0.5, 0.6) is 0 Å². The van der Waals surface area contributed by atoms with E-state index in [1.807, 2.05) is 23.2 Å². The Morgan fingerprint density at radius 1 is 0.906 bits per heavy atom. The van der Waals surface area contributed by atoms with E-state index in [1.54, 1.807) is 17.2 Å². The zero-order valence-electron chi connectivity index (χ0n) is 17.8. The molecular weight excluding hydrogens is 406 g/mol. The van der Waals surface area contributed by atoms with Gasteiger partial charge in [-0.05, 0) is 37.0 Å². The number of hydrogen-bond donors (Lipinski definition) is 0. The zero-order valence-corrected chi connectivity index (χ0v) is 17.8. The lowest BCUT2D eigenvalue weighted by Gasteiger charge is -2.43. The highest BCUT2D eigenvalue weighted by molar-refractivity contribution is 5.82. The number of carbonyl (C=O) groups is 1. The molecule has 1 amide bonds. The quantitative estimate of drug-likeness (QED) is 0.597. The molecule has 2 saturated heterocycles. The van der Waals surface area contributed by atoms with E-state index in [0.717, 1.165) is 62.2 Å². The van der Waals surface area contributed by atoms with Crippen LogP contribution in [-0.4, -0.2) is 80.0 Å². The molecule has 0 atom stereocenters. The van der Waals surface area contributed by atoms with Gasteiger partial charge in [-0.1, -0.05) is 0 Å². The second kappa shape index (κ2) is 7.85. The van der Waals surface area contributed by atoms with Crippen molar-refractivity contribution in [3.8, 4) is 5.82 Å². The molecule has 0 saturated carbocycles. The average Bonchev–Trinajstić information content (AvgIpc) is 3.50. The van der Waals surface area contributed by atoms with Gasteiger partial charge in [0, 0.05) is 57.7 Å². The maximum absolute atomic E-state index is 13.0. The Morgan fingerprint density at radius 2 is 1.75 bits per heavy atom. The van der Waals surface area contributed by atoms with Crippen LogP contribution in [0.4, 0.5) is 11.6 Å². The topological polar surface area (TPSA) is 96.2 Å². The minimum Gasteiger partial charge on any atom is -0.355 e. The van der Waals surface area contributed by atoms with Crippen LogP contribution in [0.25, 0.3) is 5.82 Å². The lowest BCUT2D eigenvalue weighted by molar-refractivity contribution is -0.136. The maximum atomic E-state index is 13.0. The number of rotatable bonds is 4. The highest BCUT2D eigenvalue weighted by Crippen LogP contribution is 2.27. The number of anilines is 2. The van der Waals surface area contributed by atoms with Crippen LogP contribution in [0.3, 0.4) is 0 Å². The molecule has 0 N–H and O–H groups in total. The first-order valence-electron chi connectivity index (χ1n) is 11.2. The number of fused-ring (bicyclic) bond motifs is 1. The highest BCUT2D eigenvalue weighted by Gasteiger charge is 2.37. The number of amides is 1. The molecule has 10 nitrogen and oxygen atoms in total. The smallest absolute Gasteiger partial charge is 0.229 e. The number of aromatic nitrogens is 6. The maximum Gasteiger partial charge on any atom is 0.229 e. The lowest BCUT2D eigenvalue weighted by Crippen LogP contribution is -2.58. The summed E-state index contributed by atoms with van der Waals surface area (Å²) >= 11 is 0. The monoisotopic (exact) mass is 431 g/mol. The van der Waals surface area contributed by atoms with Crippen LogP contribution in [0, 0.1) is 5.92 Å². The number of hydrogen-bond acceptors (Lipinski definition) is 8. The van der Waals surface area contributed by atoms with Gasteiger partial charge in [0.1, 0.15) is 12.1 Å². The summed E-state index contributed by atoms with van der Waals surface area (Å²) in [6.07, 6.45) is 8.43. The van der Waals surface area contributed by atoms with Crippen molar-refractivity contribution in [2.24, 2.45) is 5.92 Å². The fourth-order valence-electron chi connectivity index (χ4n) is 4.75. The molecule has 0 unspecified atom stereocenters. The third-order valence-corrected chi connectivity index (χ3v) is 6.65. The van der Waals surface area contributed by atoms with E-state index in [1.165, 1.54) is 12.0 Å². The van der Waals surface area contributed by atoms with Gasteiger partial charge in [-0.2, -0.15) is 10.2 Å². The Morgan fingerprint density at radius 3 is 2.56 bits per heavy atom. The third kappa shape index (κ3) is 3.45. The summed E-state index contributed by atoms with van der Waals surface area (Å²) < 4.78 is 1.71. The predicted molar refractivity (Wildman–Crippen MR) is 118 cm³/mol. The van der Waals surface area contributed by atoms with Crippen LogP contribution < -0.4 is 9.80 Å². The van der Waals surface area contributed by atoms with E-state index < -0.39 is 0 Å². The molecule has 0 aromatic carbocycles. The Labute approximate surface area is 185 Å². The van der Waals surface area contributed by atoms with Gasteiger partial charge in [-0.15, -0.1) is 5.10 Å². The minimum atomic E-state index is 0.0180. The molecule has 164 valence electrons. The average molecular weight is 432 g/mol. The number of carbonyl (C=O) groups excluding carboxylic acids is 1. The molecule has 3 aromatic heterocycles. The van der Waals surface area contributed by atoms with Crippen molar-refractivity contribution >= 4 is 17.5 Å². The Kier molecular flexibility index (Phi) is 4.70. The zero-order chi connectivity index (χ0) is 21.5. The third-order valence-electron chi connectivity index (χ3n) is 6.65. The summed E-state index contributed by atoms with van der Waals surface area (Å²) in [5.41, 5.74) is 2.49. The number of aryl methyl sites for hydroxylation is 2. The van der Waals surface area contributed by atoms with Crippen LogP contribution in [0.15, 0.2) is 36.9 Å². The molecule has 3 aromatic rings. The first-order valence-corrected chi connectivity index (χ1v) is 11.2. The summed E-state index contributed by atoms with van der Waals surface area (Å²) in [7, 11) is 0. The summed E-state index contributed by atoms with van der Waals surface area (Å²) in [6, 6.07) is 5.96. The highest BCUT2D eigenvalue weighted by atomic mass is 16.2. The van der Waals surface area contributed by atoms with Gasteiger partial charge in [0.05, 0.1) is 11.6 Å². The van der Waals surface area contributed by atoms with Gasteiger partial charge in [0.15, 0.2) is 11.6 Å². The van der Waals surface area contributed by atoms with Crippen molar-refractivity contribution in [3.05, 3.63) is 48.2 Å². The second-order valence-electron chi connectivity index (χ2n) is 8.63. The second-order valence-corrected chi connectivity index (χ2v) is 8.63. The van der Waals surface area contributed by atoms with Crippen molar-refractivity contribution in [2.45, 2.75) is 19.3 Å². The molecule has 2 fully saturated rings. The molecule has 3 aliphatic rings. The van der Waals surface area contributed by atoms with E-state index in [0.29, 0.717) is 13.1 Å². The van der Waals surface area contributed by atoms with Gasteiger partial charge in [0.2, 0.25) is 5.91 Å². The molecule has 6 rings (SSSR count). The number of piperazine rings is 1. The van der Waals surface area contributed by atoms with Crippen LogP contribution >= 0.6 is 0 Å². The molecule has 10 heteroatoms. The van der Waals surface area contributed by atoms with Crippen LogP contribution in [0.1, 0.15) is 17.7 Å². The Hall–Kier alpha value is -3.56. The first-order chi connectivity index (χ1) is 15.7. The molecule has 0 spiro atoms. The van der Waals surface area contributed by atoms with Crippen molar-refractivity contribution in [1.29, 1.82) is 0 Å². The van der Waals surface area contributed by atoms with E-state index in [9.17, 15) is 4.79 Å². The summed E-state index contributed by atoms with van der Waals surface area (Å²) in [5, 5.41) is 13.0. The normalized spacial score (nSPS) is 18.6. The van der Waals surface area contributed by atoms with Crippen molar-refractivity contribution < 1.29 is 4.79 Å². The molecule has 5 heterocycles. The van der Waals surface area contributed by atoms with E-state index >= 15 is 0 Å². The summed E-state index contributed by atoms with van der Waals surface area (Å²) in [5.74, 6) is 2.76. The van der Waals surface area contributed by atoms with Crippen molar-refractivity contribution in [3.63, 3.8) is 0 Å². The molecule has 2 aliphatic heterocycles. The Balaban J connectivity index is 1.04. The molecule has 0 bridgehead atoms. The summed E-state index contributed by atoms with van der Waals surface area (Å²) in [4.78, 5) is 28.0. The van der Waals surface area contributed by atoms with Gasteiger partial charge < -0.3 is 14.7 Å². The molecular formula is C22H25N9O. The SMILES string of the molecule is O=C(C1CN(c2cc(-n3cccn3)ncn2)C1)N1CCN(c2cc3c(nn2)CCC3)CC1. The van der Waals surface area contributed by atoms with E-state index in [-0.39, 0.29) is 11.8 Å². The molecule has 0 radical (unpaired) electrons. The van der Waals surface area contributed by atoms with Crippen LogP contribution in [-0.2, 0) is 17.6 Å². The predicted octanol–water partition coefficient (Wildman–Crippen LogP) is 0.726. The van der Waals surface area contributed by atoms with E-state index in [4.69, 9.17) is 0 Å². The molecule has 1 aliphatic carbocycles. The lowest BCUT2D eigenvalue weighted by atomic mass is 9.98. The summed E-state index contributed by atoms with van der Waals surface area (Å²) in [6.45, 7) is 4.43. The van der Waals surface area contributed by atoms with Crippen molar-refractivity contribution in [1.82, 2.24) is 34.8 Å². The first kappa shape index (κ1) is 19.1.